The summed E-state index contributed by atoms with van der Waals surface area (Å²) in [5, 5.41) is 10.6. The summed E-state index contributed by atoms with van der Waals surface area (Å²) >= 11 is 0. The van der Waals surface area contributed by atoms with Crippen LogP contribution in [0.2, 0.25) is 0 Å². The first-order chi connectivity index (χ1) is 13.6. The summed E-state index contributed by atoms with van der Waals surface area (Å²) in [7, 11) is 0. The number of fused-ring (bicyclic) bond motifs is 3. The van der Waals surface area contributed by atoms with Gasteiger partial charge in [-0.05, 0) is 67.9 Å². The Morgan fingerprint density at radius 1 is 1.18 bits per heavy atom. The molecule has 0 spiro atoms. The SMILES string of the molecule is C[C@H]1OC(=O)[C@H]2C[C@H]3CCCC[C@@H]3[C@@H](/C=C/c3ccc4cc(O)ccc4n3)[C@H]21. The number of phenolic OH excluding ortho intramolecular Hbond substituents is 1. The van der Waals surface area contributed by atoms with Gasteiger partial charge >= 0.3 is 5.97 Å². The summed E-state index contributed by atoms with van der Waals surface area (Å²) in [6.07, 6.45) is 10.5. The average molecular weight is 377 g/mol. The predicted molar refractivity (Wildman–Crippen MR) is 109 cm³/mol. The molecule has 1 N–H and O–H groups in total. The molecule has 6 atom stereocenters. The number of nitrogens with zero attached hydrogens (tertiary/aromatic N) is 1. The highest BCUT2D eigenvalue weighted by atomic mass is 16.6. The van der Waals surface area contributed by atoms with Gasteiger partial charge in [-0.3, -0.25) is 4.79 Å². The number of carbonyl (C=O) groups is 1. The Hall–Kier alpha value is -2.36. The van der Waals surface area contributed by atoms with Crippen molar-refractivity contribution in [1.82, 2.24) is 4.98 Å². The fourth-order valence-corrected chi connectivity index (χ4v) is 6.02. The van der Waals surface area contributed by atoms with Gasteiger partial charge in [0.1, 0.15) is 11.9 Å². The van der Waals surface area contributed by atoms with Crippen LogP contribution in [0.5, 0.6) is 5.75 Å². The number of pyridine rings is 1. The zero-order valence-electron chi connectivity index (χ0n) is 16.3. The molecule has 1 aliphatic heterocycles. The van der Waals surface area contributed by atoms with Crippen molar-refractivity contribution in [3.63, 3.8) is 0 Å². The summed E-state index contributed by atoms with van der Waals surface area (Å²) in [6.45, 7) is 2.06. The number of esters is 1. The van der Waals surface area contributed by atoms with Crippen LogP contribution in [0.25, 0.3) is 17.0 Å². The normalized spacial score (nSPS) is 35.0. The molecule has 5 rings (SSSR count). The zero-order chi connectivity index (χ0) is 19.3. The maximum atomic E-state index is 12.4. The number of benzene rings is 1. The van der Waals surface area contributed by atoms with E-state index in [1.807, 2.05) is 18.2 Å². The van der Waals surface area contributed by atoms with E-state index in [9.17, 15) is 9.90 Å². The van der Waals surface area contributed by atoms with Crippen LogP contribution < -0.4 is 0 Å². The molecule has 2 aromatic rings. The number of hydrogen-bond acceptors (Lipinski definition) is 4. The number of hydrogen-bond donors (Lipinski definition) is 1. The van der Waals surface area contributed by atoms with Crippen molar-refractivity contribution in [2.75, 3.05) is 0 Å². The van der Waals surface area contributed by atoms with Crippen LogP contribution >= 0.6 is 0 Å². The monoisotopic (exact) mass is 377 g/mol. The minimum atomic E-state index is 0.00237. The van der Waals surface area contributed by atoms with Crippen molar-refractivity contribution in [3.8, 4) is 5.75 Å². The van der Waals surface area contributed by atoms with Gasteiger partial charge in [-0.25, -0.2) is 4.98 Å². The number of rotatable bonds is 2. The van der Waals surface area contributed by atoms with Crippen LogP contribution in [-0.2, 0) is 9.53 Å². The van der Waals surface area contributed by atoms with Crippen molar-refractivity contribution >= 4 is 22.9 Å². The summed E-state index contributed by atoms with van der Waals surface area (Å²) in [5.74, 6) is 2.31. The number of carbonyl (C=O) groups excluding carboxylic acids is 1. The molecule has 1 aromatic carbocycles. The van der Waals surface area contributed by atoms with Gasteiger partial charge in [-0.15, -0.1) is 0 Å². The summed E-state index contributed by atoms with van der Waals surface area (Å²) < 4.78 is 5.65. The highest BCUT2D eigenvalue weighted by Crippen LogP contribution is 2.53. The quantitative estimate of drug-likeness (QED) is 0.752. The van der Waals surface area contributed by atoms with Gasteiger partial charge in [0.05, 0.1) is 17.1 Å². The molecule has 4 heteroatoms. The van der Waals surface area contributed by atoms with Gasteiger partial charge < -0.3 is 9.84 Å². The van der Waals surface area contributed by atoms with E-state index in [1.54, 1.807) is 12.1 Å². The first kappa shape index (κ1) is 17.7. The van der Waals surface area contributed by atoms with E-state index < -0.39 is 0 Å². The van der Waals surface area contributed by atoms with Crippen molar-refractivity contribution in [1.29, 1.82) is 0 Å². The Bertz CT molecular complexity index is 937. The molecule has 146 valence electrons. The number of phenols is 1. The van der Waals surface area contributed by atoms with E-state index >= 15 is 0 Å². The number of aromatic hydroxyl groups is 1. The standard InChI is InChI=1S/C24H27NO3/c1-14-23-20(19-5-3-2-4-15(19)13-21(23)24(27)28-14)10-8-17-7-6-16-12-18(26)9-11-22(16)25-17/h6-12,14-15,19-21,23,26H,2-5,13H2,1H3/b10-8+/t14-,15-,19+,20-,21+,23-/m1/s1. The maximum Gasteiger partial charge on any atom is 0.309 e. The molecule has 0 amide bonds. The van der Waals surface area contributed by atoms with Crippen molar-refractivity contribution < 1.29 is 14.6 Å². The molecule has 1 aromatic heterocycles. The maximum absolute atomic E-state index is 12.4. The molecule has 0 bridgehead atoms. The molecular weight excluding hydrogens is 350 g/mol. The van der Waals surface area contributed by atoms with Crippen LogP contribution in [0.3, 0.4) is 0 Å². The van der Waals surface area contributed by atoms with E-state index in [0.29, 0.717) is 23.7 Å². The smallest absolute Gasteiger partial charge is 0.309 e. The lowest BCUT2D eigenvalue weighted by Gasteiger charge is -2.45. The second-order valence-corrected chi connectivity index (χ2v) is 8.82. The third-order valence-corrected chi connectivity index (χ3v) is 7.26. The van der Waals surface area contributed by atoms with Crippen LogP contribution in [0.15, 0.2) is 36.4 Å². The minimum Gasteiger partial charge on any atom is -0.508 e. The molecule has 2 heterocycles. The van der Waals surface area contributed by atoms with Crippen LogP contribution in [0, 0.1) is 29.6 Å². The van der Waals surface area contributed by atoms with Crippen LogP contribution in [0.1, 0.15) is 44.7 Å². The summed E-state index contributed by atoms with van der Waals surface area (Å²) in [5.41, 5.74) is 1.80. The highest BCUT2D eigenvalue weighted by molar-refractivity contribution is 5.81. The largest absolute Gasteiger partial charge is 0.508 e. The second-order valence-electron chi connectivity index (χ2n) is 8.82. The average Bonchev–Trinajstić information content (AvgIpc) is 2.98. The minimum absolute atomic E-state index is 0.00237. The Balaban J connectivity index is 1.47. The van der Waals surface area contributed by atoms with Crippen LogP contribution in [0.4, 0.5) is 0 Å². The molecule has 28 heavy (non-hydrogen) atoms. The third kappa shape index (κ3) is 2.99. The summed E-state index contributed by atoms with van der Waals surface area (Å²) in [6, 6.07) is 9.25. The lowest BCUT2D eigenvalue weighted by atomic mass is 9.57. The molecule has 0 radical (unpaired) electrons. The van der Waals surface area contributed by atoms with Crippen molar-refractivity contribution in [2.24, 2.45) is 29.6 Å². The van der Waals surface area contributed by atoms with Gasteiger partial charge in [-0.1, -0.05) is 31.4 Å². The first-order valence-electron chi connectivity index (χ1n) is 10.6. The topological polar surface area (TPSA) is 59.4 Å². The van der Waals surface area contributed by atoms with E-state index in [1.165, 1.54) is 25.7 Å². The Morgan fingerprint density at radius 3 is 2.93 bits per heavy atom. The van der Waals surface area contributed by atoms with E-state index in [-0.39, 0.29) is 23.7 Å². The second kappa shape index (κ2) is 6.91. The molecule has 1 saturated heterocycles. The molecule has 2 aliphatic carbocycles. The molecule has 4 nitrogen and oxygen atoms in total. The van der Waals surface area contributed by atoms with Gasteiger partial charge in [0.25, 0.3) is 0 Å². The fraction of sp³-hybridized carbons (Fsp3) is 0.500. The Labute approximate surface area is 165 Å². The number of aromatic nitrogens is 1. The van der Waals surface area contributed by atoms with Gasteiger partial charge in [0.2, 0.25) is 0 Å². The zero-order valence-corrected chi connectivity index (χ0v) is 16.3. The van der Waals surface area contributed by atoms with Crippen LogP contribution in [-0.4, -0.2) is 22.2 Å². The third-order valence-electron chi connectivity index (χ3n) is 7.26. The van der Waals surface area contributed by atoms with Gasteiger partial charge in [0, 0.05) is 11.3 Å². The molecule has 2 saturated carbocycles. The summed E-state index contributed by atoms with van der Waals surface area (Å²) in [4.78, 5) is 17.1. The van der Waals surface area contributed by atoms with Crippen molar-refractivity contribution in [2.45, 2.75) is 45.1 Å². The predicted octanol–water partition coefficient (Wildman–Crippen LogP) is 4.96. The molecular formula is C24H27NO3. The Kier molecular flexibility index (Phi) is 4.37. The first-order valence-corrected chi connectivity index (χ1v) is 10.6. The molecule has 0 unspecified atom stereocenters. The number of cyclic esters (lactones) is 1. The number of ether oxygens (including phenoxy) is 1. The van der Waals surface area contributed by atoms with E-state index in [2.05, 4.69) is 19.1 Å². The number of allylic oxidation sites excluding steroid dienone is 1. The lowest BCUT2D eigenvalue weighted by Crippen LogP contribution is -2.42. The molecule has 3 fully saturated rings. The van der Waals surface area contributed by atoms with E-state index in [4.69, 9.17) is 9.72 Å². The van der Waals surface area contributed by atoms with E-state index in [0.717, 1.165) is 23.0 Å². The van der Waals surface area contributed by atoms with Gasteiger partial charge in [-0.2, -0.15) is 0 Å². The van der Waals surface area contributed by atoms with Crippen molar-refractivity contribution in [3.05, 3.63) is 42.1 Å². The fourth-order valence-electron chi connectivity index (χ4n) is 6.02. The Morgan fingerprint density at radius 2 is 2.04 bits per heavy atom. The van der Waals surface area contributed by atoms with Gasteiger partial charge in [0.15, 0.2) is 0 Å². The lowest BCUT2D eigenvalue weighted by molar-refractivity contribution is -0.144. The highest BCUT2D eigenvalue weighted by Gasteiger charge is 2.53. The molecule has 3 aliphatic rings.